The number of benzene rings is 6. The van der Waals surface area contributed by atoms with Gasteiger partial charge in [0.05, 0.1) is 22.3 Å². The molecule has 0 unspecified atom stereocenters. The molecule has 0 spiro atoms. The molecule has 0 aliphatic rings. The number of nitrogens with zero attached hydrogens (tertiary/aromatic N) is 2. The van der Waals surface area contributed by atoms with Crippen LogP contribution in [0.2, 0.25) is 0 Å². The zero-order chi connectivity index (χ0) is 26.6. The van der Waals surface area contributed by atoms with Gasteiger partial charge in [0, 0.05) is 27.1 Å². The summed E-state index contributed by atoms with van der Waals surface area (Å²) >= 11 is 0. The monoisotopic (exact) mass is 510 g/mol. The molecule has 0 N–H and O–H groups in total. The fraction of sp³-hybridized carbons (Fsp3) is 0. The Morgan fingerprint density at radius 1 is 0.500 bits per heavy atom. The quantitative estimate of drug-likeness (QED) is 0.237. The fourth-order valence-corrected chi connectivity index (χ4v) is 6.04. The molecule has 0 radical (unpaired) electrons. The molecule has 2 aromatic heterocycles. The fourth-order valence-electron chi connectivity index (χ4n) is 6.04. The van der Waals surface area contributed by atoms with Gasteiger partial charge in [-0.15, -0.1) is 0 Å². The molecular weight excluding hydrogens is 488 g/mol. The van der Waals surface area contributed by atoms with E-state index < -0.39 is 0 Å². The van der Waals surface area contributed by atoms with E-state index >= 15 is 0 Å². The largest absolute Gasteiger partial charge is 0.456 e. The first-order valence-corrected chi connectivity index (χ1v) is 13.3. The third-order valence-corrected chi connectivity index (χ3v) is 7.85. The number of furan rings is 1. The number of rotatable bonds is 3. The van der Waals surface area contributed by atoms with Crippen molar-refractivity contribution in [3.05, 3.63) is 139 Å². The van der Waals surface area contributed by atoms with Gasteiger partial charge in [-0.1, -0.05) is 91.0 Å². The first-order valence-electron chi connectivity index (χ1n) is 13.3. The Morgan fingerprint density at radius 3 is 1.90 bits per heavy atom. The third kappa shape index (κ3) is 3.30. The minimum absolute atomic E-state index is 0.637. The first kappa shape index (κ1) is 22.4. The second-order valence-electron chi connectivity index (χ2n) is 10.1. The van der Waals surface area contributed by atoms with Gasteiger partial charge in [-0.25, -0.2) is 0 Å². The Bertz CT molecular complexity index is 2240. The summed E-state index contributed by atoms with van der Waals surface area (Å²) in [4.78, 5) is 0. The highest BCUT2D eigenvalue weighted by Crippen LogP contribution is 2.39. The molecule has 0 bridgehead atoms. The Hall–Kier alpha value is -5.59. The van der Waals surface area contributed by atoms with E-state index in [0.717, 1.165) is 60.9 Å². The molecule has 40 heavy (non-hydrogen) atoms. The number of hydrogen-bond acceptors (Lipinski definition) is 2. The van der Waals surface area contributed by atoms with E-state index in [1.54, 1.807) is 0 Å². The summed E-state index contributed by atoms with van der Waals surface area (Å²) in [6.07, 6.45) is 0. The highest BCUT2D eigenvalue weighted by Gasteiger charge is 2.19. The van der Waals surface area contributed by atoms with E-state index in [-0.39, 0.29) is 0 Å². The summed E-state index contributed by atoms with van der Waals surface area (Å²) in [5.74, 6) is 0. The van der Waals surface area contributed by atoms with E-state index in [1.807, 2.05) is 30.3 Å². The zero-order valence-corrected chi connectivity index (χ0v) is 21.5. The lowest BCUT2D eigenvalue weighted by Gasteiger charge is -2.16. The van der Waals surface area contributed by atoms with E-state index in [2.05, 4.69) is 114 Å². The molecule has 0 saturated heterocycles. The maximum atomic E-state index is 10.3. The van der Waals surface area contributed by atoms with Crippen molar-refractivity contribution in [1.82, 2.24) is 4.57 Å². The van der Waals surface area contributed by atoms with Crippen molar-refractivity contribution in [2.75, 3.05) is 0 Å². The second-order valence-corrected chi connectivity index (χ2v) is 10.1. The predicted molar refractivity (Wildman–Crippen MR) is 164 cm³/mol. The minimum atomic E-state index is 0.637. The maximum Gasteiger partial charge on any atom is 0.136 e. The number of aromatic nitrogens is 1. The van der Waals surface area contributed by atoms with Gasteiger partial charge in [0.2, 0.25) is 0 Å². The molecule has 0 amide bonds. The molecule has 2 heterocycles. The van der Waals surface area contributed by atoms with Gasteiger partial charge in [-0.05, 0) is 59.2 Å². The van der Waals surface area contributed by atoms with Crippen LogP contribution in [0.4, 0.5) is 0 Å². The van der Waals surface area contributed by atoms with Crippen LogP contribution in [0.3, 0.4) is 0 Å². The van der Waals surface area contributed by atoms with Gasteiger partial charge in [0.1, 0.15) is 17.2 Å². The Kier molecular flexibility index (Phi) is 4.89. The number of nitriles is 1. The van der Waals surface area contributed by atoms with Crippen molar-refractivity contribution in [2.24, 2.45) is 0 Å². The van der Waals surface area contributed by atoms with E-state index in [9.17, 15) is 5.26 Å². The third-order valence-electron chi connectivity index (χ3n) is 7.85. The summed E-state index contributed by atoms with van der Waals surface area (Å²) in [5.41, 5.74) is 9.71. The SMILES string of the molecule is N#Cc1cccc(-c2cccc(-c3ccc4c(c3)oc3ccccc34)c2)c1-n1c2ccccc2c2ccccc21. The second kappa shape index (κ2) is 8.73. The van der Waals surface area contributed by atoms with Gasteiger partial charge < -0.3 is 8.98 Å². The molecule has 186 valence electrons. The van der Waals surface area contributed by atoms with E-state index in [1.165, 1.54) is 10.8 Å². The smallest absolute Gasteiger partial charge is 0.136 e. The van der Waals surface area contributed by atoms with E-state index in [4.69, 9.17) is 4.42 Å². The summed E-state index contributed by atoms with van der Waals surface area (Å²) < 4.78 is 8.41. The topological polar surface area (TPSA) is 41.9 Å². The van der Waals surface area contributed by atoms with Gasteiger partial charge in [0.25, 0.3) is 0 Å². The van der Waals surface area contributed by atoms with Crippen LogP contribution in [-0.4, -0.2) is 4.57 Å². The van der Waals surface area contributed by atoms with Crippen molar-refractivity contribution < 1.29 is 4.42 Å². The van der Waals surface area contributed by atoms with Crippen molar-refractivity contribution in [1.29, 1.82) is 5.26 Å². The molecule has 8 aromatic rings. The summed E-state index contributed by atoms with van der Waals surface area (Å²) in [7, 11) is 0. The molecule has 0 saturated carbocycles. The number of fused-ring (bicyclic) bond motifs is 6. The molecule has 0 fully saturated rings. The Labute approximate surface area is 230 Å². The van der Waals surface area contributed by atoms with Crippen LogP contribution in [0.5, 0.6) is 0 Å². The molecule has 0 aliphatic heterocycles. The highest BCUT2D eigenvalue weighted by atomic mass is 16.3. The lowest BCUT2D eigenvalue weighted by Crippen LogP contribution is -2.00. The van der Waals surface area contributed by atoms with Gasteiger partial charge in [0.15, 0.2) is 0 Å². The van der Waals surface area contributed by atoms with Crippen LogP contribution in [-0.2, 0) is 0 Å². The minimum Gasteiger partial charge on any atom is -0.456 e. The van der Waals surface area contributed by atoms with Crippen LogP contribution in [0.25, 0.3) is 71.7 Å². The molecule has 0 aliphatic carbocycles. The number of hydrogen-bond donors (Lipinski definition) is 0. The average molecular weight is 511 g/mol. The van der Waals surface area contributed by atoms with Gasteiger partial charge in [-0.2, -0.15) is 5.26 Å². The Balaban J connectivity index is 1.35. The standard InChI is InChI=1S/C37H22N2O/c38-23-27-11-8-15-28(37(27)39-33-16-4-1-12-29(33)30-13-2-5-17-34(30)39)26-10-7-9-24(21-26)25-19-20-32-31-14-3-6-18-35(31)40-36(32)22-25/h1-22H. The molecule has 6 aromatic carbocycles. The summed E-state index contributed by atoms with van der Waals surface area (Å²) in [6, 6.07) is 48.4. The Morgan fingerprint density at radius 2 is 1.12 bits per heavy atom. The predicted octanol–water partition coefficient (Wildman–Crippen LogP) is 9.89. The van der Waals surface area contributed by atoms with Crippen LogP contribution in [0, 0.1) is 11.3 Å². The normalized spacial score (nSPS) is 11.5. The van der Waals surface area contributed by atoms with Gasteiger partial charge in [-0.3, -0.25) is 0 Å². The zero-order valence-electron chi connectivity index (χ0n) is 21.5. The van der Waals surface area contributed by atoms with Crippen LogP contribution >= 0.6 is 0 Å². The van der Waals surface area contributed by atoms with Crippen LogP contribution in [0.1, 0.15) is 5.56 Å². The summed E-state index contributed by atoms with van der Waals surface area (Å²) in [6.45, 7) is 0. The highest BCUT2D eigenvalue weighted by molar-refractivity contribution is 6.10. The first-order chi connectivity index (χ1) is 19.8. The summed E-state index contributed by atoms with van der Waals surface area (Å²) in [5, 5.41) is 14.8. The lowest BCUT2D eigenvalue weighted by molar-refractivity contribution is 0.669. The maximum absolute atomic E-state index is 10.3. The molecule has 8 rings (SSSR count). The lowest BCUT2D eigenvalue weighted by atomic mass is 9.95. The number of para-hydroxylation sites is 4. The van der Waals surface area contributed by atoms with E-state index in [0.29, 0.717) is 5.56 Å². The van der Waals surface area contributed by atoms with Crippen molar-refractivity contribution in [2.45, 2.75) is 0 Å². The molecule has 3 heteroatoms. The van der Waals surface area contributed by atoms with Crippen LogP contribution < -0.4 is 0 Å². The average Bonchev–Trinajstić information content (AvgIpc) is 3.56. The van der Waals surface area contributed by atoms with Crippen LogP contribution in [0.15, 0.2) is 138 Å². The molecule has 3 nitrogen and oxygen atoms in total. The van der Waals surface area contributed by atoms with Gasteiger partial charge >= 0.3 is 0 Å². The van der Waals surface area contributed by atoms with Crippen molar-refractivity contribution in [3.8, 4) is 34.0 Å². The van der Waals surface area contributed by atoms with Crippen molar-refractivity contribution in [3.63, 3.8) is 0 Å². The molecule has 0 atom stereocenters. The van der Waals surface area contributed by atoms with Crippen molar-refractivity contribution >= 4 is 43.7 Å². The molecular formula is C37H22N2O.